The fourth-order valence-electron chi connectivity index (χ4n) is 4.30. The lowest BCUT2D eigenvalue weighted by Gasteiger charge is -2.26. The maximum atomic E-state index is 13.1. The van der Waals surface area contributed by atoms with E-state index in [-0.39, 0.29) is 24.6 Å². The molecular formula is C27H25N5O5. The Morgan fingerprint density at radius 1 is 0.865 bits per heavy atom. The monoisotopic (exact) mass is 499 g/mol. The third-order valence-corrected chi connectivity index (χ3v) is 6.18. The predicted molar refractivity (Wildman–Crippen MR) is 138 cm³/mol. The van der Waals surface area contributed by atoms with Crippen LogP contribution in [0.5, 0.6) is 0 Å². The van der Waals surface area contributed by atoms with Crippen molar-refractivity contribution >= 4 is 28.7 Å². The SMILES string of the molecule is O=C(Cn1c(=O)c(=O)n(Cc2ccc(C(=O)N3CCOCC3)cc2)c2ncccc21)Nc1ccccc1. The largest absolute Gasteiger partial charge is 0.378 e. The molecule has 1 fully saturated rings. The number of carbonyl (C=O) groups is 2. The Balaban J connectivity index is 1.41. The minimum atomic E-state index is -0.817. The summed E-state index contributed by atoms with van der Waals surface area (Å²) in [6.07, 6.45) is 1.53. The Hall–Kier alpha value is -4.57. The zero-order valence-corrected chi connectivity index (χ0v) is 20.0. The van der Waals surface area contributed by atoms with Crippen LogP contribution < -0.4 is 16.4 Å². The van der Waals surface area contributed by atoms with E-state index in [1.165, 1.54) is 10.8 Å². The summed E-state index contributed by atoms with van der Waals surface area (Å²) in [7, 11) is 0. The molecule has 0 spiro atoms. The summed E-state index contributed by atoms with van der Waals surface area (Å²) in [4.78, 5) is 57.6. The van der Waals surface area contributed by atoms with Crippen LogP contribution >= 0.6 is 0 Å². The number of para-hydroxylation sites is 1. The summed E-state index contributed by atoms with van der Waals surface area (Å²) >= 11 is 0. The van der Waals surface area contributed by atoms with Crippen molar-refractivity contribution in [1.29, 1.82) is 0 Å². The molecule has 4 aromatic rings. The van der Waals surface area contributed by atoms with Crippen LogP contribution in [-0.2, 0) is 22.6 Å². The zero-order chi connectivity index (χ0) is 25.8. The van der Waals surface area contributed by atoms with Gasteiger partial charge in [0.25, 0.3) is 5.91 Å². The number of ether oxygens (including phenoxy) is 1. The van der Waals surface area contributed by atoms with Gasteiger partial charge in [-0.1, -0.05) is 30.3 Å². The van der Waals surface area contributed by atoms with E-state index in [2.05, 4.69) is 10.3 Å². The average molecular weight is 500 g/mol. The van der Waals surface area contributed by atoms with Gasteiger partial charge in [-0.2, -0.15) is 0 Å². The van der Waals surface area contributed by atoms with Crippen molar-refractivity contribution in [2.45, 2.75) is 13.1 Å². The number of anilines is 1. The van der Waals surface area contributed by atoms with Crippen LogP contribution in [0.2, 0.25) is 0 Å². The van der Waals surface area contributed by atoms with E-state index < -0.39 is 17.0 Å². The molecule has 0 bridgehead atoms. The molecule has 0 radical (unpaired) electrons. The van der Waals surface area contributed by atoms with E-state index in [4.69, 9.17) is 4.74 Å². The van der Waals surface area contributed by atoms with Crippen LogP contribution in [0.4, 0.5) is 5.69 Å². The third-order valence-electron chi connectivity index (χ3n) is 6.18. The van der Waals surface area contributed by atoms with Crippen molar-refractivity contribution in [2.24, 2.45) is 0 Å². The molecule has 3 heterocycles. The smallest absolute Gasteiger partial charge is 0.318 e. The van der Waals surface area contributed by atoms with Gasteiger partial charge in [0, 0.05) is 30.5 Å². The highest BCUT2D eigenvalue weighted by molar-refractivity contribution is 5.94. The number of nitrogens with one attached hydrogen (secondary N) is 1. The maximum Gasteiger partial charge on any atom is 0.318 e. The van der Waals surface area contributed by atoms with Gasteiger partial charge in [0.05, 0.1) is 25.3 Å². The first-order valence-corrected chi connectivity index (χ1v) is 11.9. The number of morpholine rings is 1. The van der Waals surface area contributed by atoms with Crippen LogP contribution in [0.15, 0.2) is 82.5 Å². The molecule has 0 saturated carbocycles. The summed E-state index contributed by atoms with van der Waals surface area (Å²) in [5, 5.41) is 2.73. The molecular weight excluding hydrogens is 474 g/mol. The van der Waals surface area contributed by atoms with Gasteiger partial charge < -0.3 is 15.0 Å². The van der Waals surface area contributed by atoms with Gasteiger partial charge in [-0.15, -0.1) is 0 Å². The van der Waals surface area contributed by atoms with Gasteiger partial charge in [-0.25, -0.2) is 4.98 Å². The number of nitrogens with zero attached hydrogens (tertiary/aromatic N) is 4. The highest BCUT2D eigenvalue weighted by Gasteiger charge is 2.19. The minimum Gasteiger partial charge on any atom is -0.378 e. The van der Waals surface area contributed by atoms with Crippen LogP contribution in [0, 0.1) is 0 Å². The summed E-state index contributed by atoms with van der Waals surface area (Å²) in [6.45, 7) is 1.90. The van der Waals surface area contributed by atoms with Gasteiger partial charge in [0.1, 0.15) is 6.54 Å². The molecule has 1 N–H and O–H groups in total. The van der Waals surface area contributed by atoms with Crippen molar-refractivity contribution < 1.29 is 14.3 Å². The number of hydrogen-bond acceptors (Lipinski definition) is 6. The molecule has 0 aliphatic carbocycles. The summed E-state index contributed by atoms with van der Waals surface area (Å²) < 4.78 is 7.74. The van der Waals surface area contributed by atoms with Gasteiger partial charge >= 0.3 is 11.1 Å². The van der Waals surface area contributed by atoms with Crippen molar-refractivity contribution in [3.05, 3.63) is 105 Å². The van der Waals surface area contributed by atoms with E-state index in [9.17, 15) is 19.2 Å². The molecule has 1 saturated heterocycles. The predicted octanol–water partition coefficient (Wildman–Crippen LogP) is 1.72. The van der Waals surface area contributed by atoms with Crippen molar-refractivity contribution in [2.75, 3.05) is 31.6 Å². The van der Waals surface area contributed by atoms with E-state index in [0.717, 1.165) is 10.1 Å². The molecule has 2 amide bonds. The molecule has 1 aliphatic rings. The number of rotatable bonds is 6. The first kappa shape index (κ1) is 24.1. The first-order valence-electron chi connectivity index (χ1n) is 11.9. The first-order chi connectivity index (χ1) is 18.0. The van der Waals surface area contributed by atoms with Crippen LogP contribution in [0.1, 0.15) is 15.9 Å². The van der Waals surface area contributed by atoms with Gasteiger partial charge in [-0.3, -0.25) is 28.3 Å². The highest BCUT2D eigenvalue weighted by atomic mass is 16.5. The standard InChI is InChI=1S/C27H25N5O5/c33-23(29-21-5-2-1-3-6-21)18-31-22-7-4-12-28-24(22)32(27(36)26(31)35)17-19-8-10-20(11-9-19)25(34)30-13-15-37-16-14-30/h1-12H,13-18H2,(H,29,33). The topological polar surface area (TPSA) is 116 Å². The Morgan fingerprint density at radius 2 is 1.57 bits per heavy atom. The molecule has 0 atom stereocenters. The Kier molecular flexibility index (Phi) is 6.91. The van der Waals surface area contributed by atoms with Crippen molar-refractivity contribution in [1.82, 2.24) is 19.0 Å². The molecule has 5 rings (SSSR count). The number of amides is 2. The van der Waals surface area contributed by atoms with E-state index in [0.29, 0.717) is 43.1 Å². The molecule has 2 aromatic carbocycles. The van der Waals surface area contributed by atoms with Gasteiger partial charge in [0.2, 0.25) is 5.91 Å². The summed E-state index contributed by atoms with van der Waals surface area (Å²) in [5.41, 5.74) is 0.914. The van der Waals surface area contributed by atoms with E-state index in [1.807, 2.05) is 6.07 Å². The number of pyridine rings is 1. The summed E-state index contributed by atoms with van der Waals surface area (Å²) in [5.74, 6) is -0.508. The second-order valence-electron chi connectivity index (χ2n) is 8.64. The molecule has 0 unspecified atom stereocenters. The lowest BCUT2D eigenvalue weighted by atomic mass is 10.1. The minimum absolute atomic E-state index is 0.0736. The van der Waals surface area contributed by atoms with E-state index >= 15 is 0 Å². The van der Waals surface area contributed by atoms with Crippen LogP contribution in [-0.4, -0.2) is 57.1 Å². The molecule has 1 aliphatic heterocycles. The molecule has 37 heavy (non-hydrogen) atoms. The quantitative estimate of drug-likeness (QED) is 0.404. The molecule has 2 aromatic heterocycles. The number of carbonyl (C=O) groups excluding carboxylic acids is 2. The fraction of sp³-hybridized carbons (Fsp3) is 0.222. The molecule has 10 heteroatoms. The summed E-state index contributed by atoms with van der Waals surface area (Å²) in [6, 6.07) is 19.1. The number of benzene rings is 2. The van der Waals surface area contributed by atoms with E-state index in [1.54, 1.807) is 65.6 Å². The zero-order valence-electron chi connectivity index (χ0n) is 20.0. The Labute approximate surface area is 211 Å². The number of fused-ring (bicyclic) bond motifs is 1. The van der Waals surface area contributed by atoms with Gasteiger partial charge in [0.15, 0.2) is 5.65 Å². The lowest BCUT2D eigenvalue weighted by molar-refractivity contribution is -0.116. The second-order valence-corrected chi connectivity index (χ2v) is 8.64. The van der Waals surface area contributed by atoms with Crippen LogP contribution in [0.25, 0.3) is 11.2 Å². The third kappa shape index (κ3) is 5.19. The fourth-order valence-corrected chi connectivity index (χ4v) is 4.30. The van der Waals surface area contributed by atoms with Crippen molar-refractivity contribution in [3.63, 3.8) is 0 Å². The maximum absolute atomic E-state index is 13.1. The molecule has 188 valence electrons. The van der Waals surface area contributed by atoms with Crippen molar-refractivity contribution in [3.8, 4) is 0 Å². The van der Waals surface area contributed by atoms with Gasteiger partial charge in [-0.05, 0) is 42.0 Å². The number of hydrogen-bond donors (Lipinski definition) is 1. The molecule has 10 nitrogen and oxygen atoms in total. The second kappa shape index (κ2) is 10.6. The van der Waals surface area contributed by atoms with Crippen LogP contribution in [0.3, 0.4) is 0 Å². The lowest BCUT2D eigenvalue weighted by Crippen LogP contribution is -2.43. The average Bonchev–Trinajstić information content (AvgIpc) is 2.94. The Bertz CT molecular complexity index is 1550. The normalized spacial score (nSPS) is 13.5. The number of aromatic nitrogens is 3. The Morgan fingerprint density at radius 3 is 2.30 bits per heavy atom. The highest BCUT2D eigenvalue weighted by Crippen LogP contribution is 2.13.